The molecule has 1 amide bonds. The van der Waals surface area contributed by atoms with Gasteiger partial charge in [-0.3, -0.25) is 4.79 Å². The Hall–Kier alpha value is -3.09. The summed E-state index contributed by atoms with van der Waals surface area (Å²) in [6.45, 7) is 4.17. The molecule has 2 aliphatic carbocycles. The van der Waals surface area contributed by atoms with E-state index < -0.39 is 0 Å². The average molecular weight is 405 g/mol. The Balaban J connectivity index is 0.00000231. The zero-order chi connectivity index (χ0) is 20.9. The van der Waals surface area contributed by atoms with Crippen LogP contribution in [-0.4, -0.2) is 30.6 Å². The number of hydrogen-bond acceptors (Lipinski definition) is 5. The summed E-state index contributed by atoms with van der Waals surface area (Å²) < 4.78 is 2.00. The van der Waals surface area contributed by atoms with Crippen LogP contribution in [0.4, 0.5) is 5.69 Å². The number of benzene rings is 1. The molecule has 0 spiro atoms. The minimum atomic E-state index is -0.200. The van der Waals surface area contributed by atoms with Crippen molar-refractivity contribution in [3.05, 3.63) is 65.3 Å². The van der Waals surface area contributed by atoms with E-state index in [1.807, 2.05) is 30.7 Å². The van der Waals surface area contributed by atoms with Crippen molar-refractivity contribution in [1.82, 2.24) is 24.7 Å². The quantitative estimate of drug-likeness (QED) is 0.694. The number of anilines is 1. The molecule has 0 unspecified atom stereocenters. The summed E-state index contributed by atoms with van der Waals surface area (Å²) in [6.07, 6.45) is 6.00. The van der Waals surface area contributed by atoms with E-state index in [-0.39, 0.29) is 12.7 Å². The van der Waals surface area contributed by atoms with Crippen molar-refractivity contribution in [3.63, 3.8) is 0 Å². The fraction of sp³-hybridized carbons (Fsp3) is 0.435. The highest BCUT2D eigenvalue weighted by Crippen LogP contribution is 2.51. The molecule has 0 saturated heterocycles. The third-order valence-corrected chi connectivity index (χ3v) is 6.25. The third-order valence-electron chi connectivity index (χ3n) is 6.25. The van der Waals surface area contributed by atoms with E-state index in [9.17, 15) is 4.79 Å². The number of carbonyl (C=O) groups is 1. The van der Waals surface area contributed by atoms with Gasteiger partial charge < -0.3 is 9.88 Å². The van der Waals surface area contributed by atoms with E-state index in [1.54, 1.807) is 12.4 Å². The summed E-state index contributed by atoms with van der Waals surface area (Å²) >= 11 is 0. The molecule has 2 aliphatic rings. The molecule has 3 aromatic rings. The number of carbonyl (C=O) groups excluding carboxylic acids is 1. The standard InChI is InChI=1S/C23H26N6O.H2/c1-14-11-23(12-14,22-28-24-13-29(22)3)17-5-4-6-18(10-17)26-21(30)19-9-15(2)25-20(27-19)16-7-8-16;/h4-6,9-10,13-14,16H,7-8,11-12H2,1-3H3,(H,26,30);1H. The summed E-state index contributed by atoms with van der Waals surface area (Å²) in [5.41, 5.74) is 3.02. The predicted octanol–water partition coefficient (Wildman–Crippen LogP) is 4.01. The van der Waals surface area contributed by atoms with Crippen LogP contribution in [0.5, 0.6) is 0 Å². The van der Waals surface area contributed by atoms with Crippen molar-refractivity contribution in [1.29, 1.82) is 0 Å². The van der Waals surface area contributed by atoms with Crippen molar-refractivity contribution in [2.24, 2.45) is 13.0 Å². The van der Waals surface area contributed by atoms with Gasteiger partial charge in [0.2, 0.25) is 0 Å². The van der Waals surface area contributed by atoms with Gasteiger partial charge in [-0.25, -0.2) is 9.97 Å². The van der Waals surface area contributed by atoms with Gasteiger partial charge in [0.05, 0.1) is 5.41 Å². The zero-order valence-corrected chi connectivity index (χ0v) is 17.6. The first-order valence-electron chi connectivity index (χ1n) is 10.6. The highest BCUT2D eigenvalue weighted by atomic mass is 16.1. The summed E-state index contributed by atoms with van der Waals surface area (Å²) in [7, 11) is 1.99. The molecular formula is C23H28N6O. The van der Waals surface area contributed by atoms with E-state index in [1.165, 1.54) is 0 Å². The summed E-state index contributed by atoms with van der Waals surface area (Å²) in [5, 5.41) is 11.5. The van der Waals surface area contributed by atoms with Gasteiger partial charge >= 0.3 is 0 Å². The van der Waals surface area contributed by atoms with Crippen molar-refractivity contribution < 1.29 is 6.22 Å². The number of aromatic nitrogens is 5. The molecule has 2 saturated carbocycles. The summed E-state index contributed by atoms with van der Waals surface area (Å²) in [4.78, 5) is 21.9. The lowest BCUT2D eigenvalue weighted by Crippen LogP contribution is -2.43. The Morgan fingerprint density at radius 2 is 2.03 bits per heavy atom. The molecule has 0 bridgehead atoms. The second kappa shape index (κ2) is 7.00. The Kier molecular flexibility index (Phi) is 4.41. The molecule has 1 N–H and O–H groups in total. The van der Waals surface area contributed by atoms with Crippen LogP contribution in [0.3, 0.4) is 0 Å². The smallest absolute Gasteiger partial charge is 0.274 e. The maximum Gasteiger partial charge on any atom is 0.274 e. The van der Waals surface area contributed by atoms with Crippen LogP contribution in [-0.2, 0) is 12.5 Å². The van der Waals surface area contributed by atoms with E-state index in [0.29, 0.717) is 17.5 Å². The fourth-order valence-corrected chi connectivity index (χ4v) is 4.72. The van der Waals surface area contributed by atoms with Gasteiger partial charge in [-0.2, -0.15) is 0 Å². The van der Waals surface area contributed by atoms with Crippen LogP contribution in [0.2, 0.25) is 0 Å². The minimum Gasteiger partial charge on any atom is -0.321 e. The summed E-state index contributed by atoms with van der Waals surface area (Å²) in [5.74, 6) is 2.61. The Bertz CT molecular complexity index is 1120. The van der Waals surface area contributed by atoms with Gasteiger partial charge in [0, 0.05) is 25.8 Å². The number of hydrogen-bond donors (Lipinski definition) is 1. The second-order valence-corrected chi connectivity index (χ2v) is 8.92. The number of nitrogens with zero attached hydrogens (tertiary/aromatic N) is 5. The summed E-state index contributed by atoms with van der Waals surface area (Å²) in [6, 6.07) is 9.85. The van der Waals surface area contributed by atoms with Crippen molar-refractivity contribution in [3.8, 4) is 0 Å². The first-order valence-corrected chi connectivity index (χ1v) is 10.6. The molecular weight excluding hydrogens is 376 g/mol. The molecule has 2 heterocycles. The molecule has 2 fully saturated rings. The second-order valence-electron chi connectivity index (χ2n) is 8.92. The van der Waals surface area contributed by atoms with E-state index in [4.69, 9.17) is 0 Å². The third kappa shape index (κ3) is 3.28. The van der Waals surface area contributed by atoms with Crippen LogP contribution in [0.25, 0.3) is 0 Å². The van der Waals surface area contributed by atoms with Crippen molar-refractivity contribution in [2.45, 2.75) is 50.9 Å². The Morgan fingerprint density at radius 1 is 1.23 bits per heavy atom. The molecule has 7 nitrogen and oxygen atoms in total. The molecule has 0 atom stereocenters. The van der Waals surface area contributed by atoms with Gasteiger partial charge in [0.15, 0.2) is 0 Å². The molecule has 5 rings (SSSR count). The van der Waals surface area contributed by atoms with Crippen molar-refractivity contribution in [2.75, 3.05) is 5.32 Å². The first kappa shape index (κ1) is 18.9. The molecule has 156 valence electrons. The Labute approximate surface area is 177 Å². The zero-order valence-electron chi connectivity index (χ0n) is 17.6. The fourth-order valence-electron chi connectivity index (χ4n) is 4.72. The lowest BCUT2D eigenvalue weighted by Gasteiger charge is -2.46. The topological polar surface area (TPSA) is 85.6 Å². The maximum absolute atomic E-state index is 12.9. The van der Waals surface area contributed by atoms with Crippen LogP contribution < -0.4 is 5.32 Å². The highest BCUT2D eigenvalue weighted by Gasteiger charge is 2.48. The van der Waals surface area contributed by atoms with E-state index >= 15 is 0 Å². The molecule has 0 aliphatic heterocycles. The van der Waals surface area contributed by atoms with Gasteiger partial charge in [-0.1, -0.05) is 19.1 Å². The normalized spacial score (nSPS) is 23.1. The van der Waals surface area contributed by atoms with Gasteiger partial charge in [0.1, 0.15) is 23.7 Å². The number of nitrogens with one attached hydrogen (secondary N) is 1. The average Bonchev–Trinajstić information content (AvgIpc) is 3.46. The lowest BCUT2D eigenvalue weighted by molar-refractivity contribution is 0.102. The van der Waals surface area contributed by atoms with Gasteiger partial charge in [0.25, 0.3) is 5.91 Å². The monoisotopic (exact) mass is 404 g/mol. The molecule has 1 aromatic carbocycles. The Morgan fingerprint density at radius 3 is 2.70 bits per heavy atom. The van der Waals surface area contributed by atoms with Gasteiger partial charge in [-0.15, -0.1) is 10.2 Å². The number of rotatable bonds is 5. The molecule has 30 heavy (non-hydrogen) atoms. The number of aryl methyl sites for hydroxylation is 2. The van der Waals surface area contributed by atoms with Crippen LogP contribution in [0.1, 0.15) is 73.3 Å². The first-order chi connectivity index (χ1) is 14.4. The van der Waals surface area contributed by atoms with E-state index in [2.05, 4.69) is 44.5 Å². The number of amides is 1. The highest BCUT2D eigenvalue weighted by molar-refractivity contribution is 6.03. The van der Waals surface area contributed by atoms with Crippen LogP contribution in [0, 0.1) is 12.8 Å². The molecule has 7 heteroatoms. The predicted molar refractivity (Wildman–Crippen MR) is 115 cm³/mol. The van der Waals surface area contributed by atoms with Gasteiger partial charge in [-0.05, 0) is 62.3 Å². The minimum absolute atomic E-state index is 0. The van der Waals surface area contributed by atoms with E-state index in [0.717, 1.165) is 54.3 Å². The van der Waals surface area contributed by atoms with Crippen LogP contribution in [0.15, 0.2) is 36.7 Å². The van der Waals surface area contributed by atoms with Crippen LogP contribution >= 0.6 is 0 Å². The molecule has 0 radical (unpaired) electrons. The molecule has 2 aromatic heterocycles. The maximum atomic E-state index is 12.9. The lowest BCUT2D eigenvalue weighted by atomic mass is 9.58. The van der Waals surface area contributed by atoms with Crippen molar-refractivity contribution >= 4 is 11.6 Å². The largest absolute Gasteiger partial charge is 0.321 e. The SMILES string of the molecule is Cc1cc(C(=O)Nc2cccc(C3(c4nncn4C)CC(C)C3)c2)nc(C2CC2)n1.[HH].